The molecule has 2 atom stereocenters. The molecule has 0 aromatic heterocycles. The second-order valence-electron chi connectivity index (χ2n) is 8.16. The molecular formula is C22H29N3O4. The first-order valence-electron chi connectivity index (χ1n) is 9.78. The van der Waals surface area contributed by atoms with E-state index in [1.54, 1.807) is 18.2 Å². The summed E-state index contributed by atoms with van der Waals surface area (Å²) >= 11 is 0. The highest BCUT2D eigenvalue weighted by molar-refractivity contribution is 6.21. The standard InChI is InChI=1S/C22H29N3O4/c1-23(2)10-12-25(13-11-24(3)4)15-8-9-17(27)20-19(15)22(29)18-14(21(20)28)6-5-7-16(18)26/h5-9,14,18,26-27H,10-13H2,1-4H3. The van der Waals surface area contributed by atoms with Crippen molar-refractivity contribution in [3.05, 3.63) is 47.2 Å². The van der Waals surface area contributed by atoms with Crippen molar-refractivity contribution in [3.63, 3.8) is 0 Å². The molecule has 0 spiro atoms. The molecule has 0 aliphatic heterocycles. The van der Waals surface area contributed by atoms with E-state index in [0.717, 1.165) is 13.1 Å². The second kappa shape index (κ2) is 8.39. The van der Waals surface area contributed by atoms with Gasteiger partial charge in [-0.3, -0.25) is 9.59 Å². The number of likely N-dealkylation sites (N-methyl/N-ethyl adjacent to an activating group) is 2. The monoisotopic (exact) mass is 399 g/mol. The van der Waals surface area contributed by atoms with Crippen molar-refractivity contribution < 1.29 is 19.8 Å². The van der Waals surface area contributed by atoms with Crippen LogP contribution in [0.3, 0.4) is 0 Å². The van der Waals surface area contributed by atoms with E-state index in [4.69, 9.17) is 0 Å². The molecule has 1 aromatic carbocycles. The summed E-state index contributed by atoms with van der Waals surface area (Å²) < 4.78 is 0. The van der Waals surface area contributed by atoms with Crippen LogP contribution in [0.15, 0.2) is 36.1 Å². The predicted molar refractivity (Wildman–Crippen MR) is 113 cm³/mol. The van der Waals surface area contributed by atoms with Gasteiger partial charge in [-0.25, -0.2) is 0 Å². The molecule has 0 bridgehead atoms. The minimum Gasteiger partial charge on any atom is -0.512 e. The van der Waals surface area contributed by atoms with Crippen molar-refractivity contribution in [2.24, 2.45) is 11.8 Å². The quantitative estimate of drug-likeness (QED) is 0.725. The normalized spacial score (nSPS) is 20.7. The number of phenolic OH excluding ortho intramolecular Hbond substituents is 1. The molecule has 0 radical (unpaired) electrons. The molecule has 2 aliphatic rings. The molecule has 0 saturated carbocycles. The Bertz CT molecular complexity index is 861. The summed E-state index contributed by atoms with van der Waals surface area (Å²) in [6, 6.07) is 3.19. The molecule has 0 heterocycles. The highest BCUT2D eigenvalue weighted by atomic mass is 16.3. The van der Waals surface area contributed by atoms with Crippen molar-refractivity contribution in [2.45, 2.75) is 0 Å². The first-order valence-corrected chi connectivity index (χ1v) is 9.78. The first kappa shape index (κ1) is 21.1. The van der Waals surface area contributed by atoms with E-state index in [1.807, 2.05) is 28.2 Å². The zero-order valence-corrected chi connectivity index (χ0v) is 17.4. The van der Waals surface area contributed by atoms with E-state index < -0.39 is 11.8 Å². The number of benzene rings is 1. The number of nitrogens with zero attached hydrogens (tertiary/aromatic N) is 3. The maximum atomic E-state index is 13.4. The van der Waals surface area contributed by atoms with E-state index >= 15 is 0 Å². The summed E-state index contributed by atoms with van der Waals surface area (Å²) in [5, 5.41) is 20.8. The number of anilines is 1. The summed E-state index contributed by atoms with van der Waals surface area (Å²) in [5.74, 6) is -2.66. The van der Waals surface area contributed by atoms with Gasteiger partial charge in [0.05, 0.1) is 23.0 Å². The highest BCUT2D eigenvalue weighted by Crippen LogP contribution is 2.43. The van der Waals surface area contributed by atoms with Crippen LogP contribution in [0.2, 0.25) is 0 Å². The number of aliphatic hydroxyl groups is 1. The average molecular weight is 399 g/mol. The molecule has 7 nitrogen and oxygen atoms in total. The SMILES string of the molecule is CN(C)CCN(CCN(C)C)c1ccc(O)c2c1C(=O)C1C(O)=CC=CC1C2=O. The second-order valence-corrected chi connectivity index (χ2v) is 8.16. The fourth-order valence-corrected chi connectivity index (χ4v) is 3.87. The molecule has 0 saturated heterocycles. The number of fused-ring (bicyclic) bond motifs is 2. The summed E-state index contributed by atoms with van der Waals surface area (Å²) in [6.07, 6.45) is 4.65. The Morgan fingerprint density at radius 3 is 2.07 bits per heavy atom. The van der Waals surface area contributed by atoms with Gasteiger partial charge in [-0.2, -0.15) is 0 Å². The van der Waals surface area contributed by atoms with E-state index in [0.29, 0.717) is 18.8 Å². The lowest BCUT2D eigenvalue weighted by molar-refractivity contribution is 0.0756. The predicted octanol–water partition coefficient (Wildman–Crippen LogP) is 1.94. The lowest BCUT2D eigenvalue weighted by Crippen LogP contribution is -2.41. The molecule has 1 aromatic rings. The van der Waals surface area contributed by atoms with Crippen molar-refractivity contribution in [1.29, 1.82) is 0 Å². The molecule has 2 aliphatic carbocycles. The van der Waals surface area contributed by atoms with Gasteiger partial charge in [-0.05, 0) is 46.4 Å². The van der Waals surface area contributed by atoms with E-state index in [1.165, 1.54) is 12.1 Å². The molecule has 7 heteroatoms. The first-order chi connectivity index (χ1) is 13.7. The zero-order valence-electron chi connectivity index (χ0n) is 17.4. The lowest BCUT2D eigenvalue weighted by Gasteiger charge is -2.35. The average Bonchev–Trinajstić information content (AvgIpc) is 2.66. The third-order valence-corrected chi connectivity index (χ3v) is 5.48. The molecule has 0 fully saturated rings. The van der Waals surface area contributed by atoms with Gasteiger partial charge in [-0.15, -0.1) is 0 Å². The number of phenols is 1. The number of carbonyl (C=O) groups excluding carboxylic acids is 2. The van der Waals surface area contributed by atoms with E-state index in [2.05, 4.69) is 14.7 Å². The Morgan fingerprint density at radius 1 is 0.862 bits per heavy atom. The number of hydrogen-bond donors (Lipinski definition) is 2. The maximum Gasteiger partial charge on any atom is 0.177 e. The highest BCUT2D eigenvalue weighted by Gasteiger charge is 2.46. The topological polar surface area (TPSA) is 84.3 Å². The van der Waals surface area contributed by atoms with Crippen LogP contribution in [-0.4, -0.2) is 85.9 Å². The van der Waals surface area contributed by atoms with Crippen LogP contribution in [0.25, 0.3) is 0 Å². The number of aliphatic hydroxyl groups excluding tert-OH is 1. The maximum absolute atomic E-state index is 13.4. The Kier molecular flexibility index (Phi) is 6.10. The Morgan fingerprint density at radius 2 is 1.48 bits per heavy atom. The van der Waals surface area contributed by atoms with Gasteiger partial charge in [0.1, 0.15) is 11.5 Å². The smallest absolute Gasteiger partial charge is 0.177 e. The van der Waals surface area contributed by atoms with E-state index in [-0.39, 0.29) is 34.2 Å². The Hall–Kier alpha value is -2.64. The van der Waals surface area contributed by atoms with Crippen LogP contribution >= 0.6 is 0 Å². The Balaban J connectivity index is 2.10. The van der Waals surface area contributed by atoms with Crippen LogP contribution in [0.1, 0.15) is 20.7 Å². The van der Waals surface area contributed by atoms with Gasteiger partial charge in [0.2, 0.25) is 0 Å². The fourth-order valence-electron chi connectivity index (χ4n) is 3.87. The van der Waals surface area contributed by atoms with Crippen molar-refractivity contribution in [3.8, 4) is 5.75 Å². The summed E-state index contributed by atoms with van der Waals surface area (Å²) in [7, 11) is 7.92. The molecule has 3 rings (SSSR count). The number of allylic oxidation sites excluding steroid dienone is 4. The number of hydrogen-bond acceptors (Lipinski definition) is 7. The van der Waals surface area contributed by atoms with Crippen LogP contribution < -0.4 is 4.90 Å². The van der Waals surface area contributed by atoms with Gasteiger partial charge in [0.15, 0.2) is 11.6 Å². The molecule has 29 heavy (non-hydrogen) atoms. The minimum atomic E-state index is -0.926. The molecule has 0 amide bonds. The number of Topliss-reactive ketones (excluding diaryl/α,β-unsaturated/α-hetero) is 2. The molecule has 2 N–H and O–H groups in total. The fraction of sp³-hybridized carbons (Fsp3) is 0.455. The van der Waals surface area contributed by atoms with Crippen molar-refractivity contribution >= 4 is 17.3 Å². The number of carbonyl (C=O) groups is 2. The third-order valence-electron chi connectivity index (χ3n) is 5.48. The van der Waals surface area contributed by atoms with Gasteiger partial charge < -0.3 is 24.9 Å². The van der Waals surface area contributed by atoms with Crippen molar-refractivity contribution in [1.82, 2.24) is 9.80 Å². The number of rotatable bonds is 7. The van der Waals surface area contributed by atoms with Gasteiger partial charge in [0.25, 0.3) is 0 Å². The molecule has 156 valence electrons. The van der Waals surface area contributed by atoms with Crippen LogP contribution in [0.5, 0.6) is 5.75 Å². The van der Waals surface area contributed by atoms with Crippen LogP contribution in [0, 0.1) is 11.8 Å². The lowest BCUT2D eigenvalue weighted by atomic mass is 9.70. The zero-order chi connectivity index (χ0) is 21.3. The van der Waals surface area contributed by atoms with Gasteiger partial charge >= 0.3 is 0 Å². The number of ketones is 2. The van der Waals surface area contributed by atoms with Crippen LogP contribution in [0.4, 0.5) is 5.69 Å². The van der Waals surface area contributed by atoms with E-state index in [9.17, 15) is 19.8 Å². The van der Waals surface area contributed by atoms with Crippen molar-refractivity contribution in [2.75, 3.05) is 59.3 Å². The minimum absolute atomic E-state index is 0.0628. The Labute approximate surface area is 171 Å². The molecular weight excluding hydrogens is 370 g/mol. The summed E-state index contributed by atoms with van der Waals surface area (Å²) in [6.45, 7) is 2.86. The summed E-state index contributed by atoms with van der Waals surface area (Å²) in [4.78, 5) is 32.7. The van der Waals surface area contributed by atoms with Crippen LogP contribution in [-0.2, 0) is 0 Å². The molecule has 2 unspecified atom stereocenters. The summed E-state index contributed by atoms with van der Waals surface area (Å²) in [5.41, 5.74) is 0.900. The van der Waals surface area contributed by atoms with Gasteiger partial charge in [-0.1, -0.05) is 12.2 Å². The third kappa shape index (κ3) is 4.06. The van der Waals surface area contributed by atoms with Gasteiger partial charge in [0, 0.05) is 31.9 Å². The number of aromatic hydroxyl groups is 1. The largest absolute Gasteiger partial charge is 0.512 e.